The summed E-state index contributed by atoms with van der Waals surface area (Å²) in [5.41, 5.74) is 0.319. The quantitative estimate of drug-likeness (QED) is 0.662. The summed E-state index contributed by atoms with van der Waals surface area (Å²) in [7, 11) is 0. The Balaban J connectivity index is 0.000000360. The molecule has 2 aromatic rings. The van der Waals surface area contributed by atoms with Crippen molar-refractivity contribution in [3.63, 3.8) is 0 Å². The Labute approximate surface area is 179 Å². The van der Waals surface area contributed by atoms with Crippen LogP contribution in [0.4, 0.5) is 23.5 Å². The molecule has 0 aromatic carbocycles. The highest BCUT2D eigenvalue weighted by molar-refractivity contribution is 5.85. The molecule has 2 aromatic heterocycles. The molecular weight excluding hydrogens is 438 g/mol. The van der Waals surface area contributed by atoms with Gasteiger partial charge in [0.05, 0.1) is 31.0 Å². The molecule has 0 radical (unpaired) electrons. The topological polar surface area (TPSA) is 118 Å². The largest absolute Gasteiger partial charge is 0.490 e. The molecular formula is C19H19F4N5O4. The number of hydrogen-bond donors (Lipinski definition) is 2. The van der Waals surface area contributed by atoms with Crippen LogP contribution in [0.25, 0.3) is 0 Å². The highest BCUT2D eigenvalue weighted by atomic mass is 19.4. The van der Waals surface area contributed by atoms with Crippen molar-refractivity contribution in [1.29, 1.82) is 0 Å². The first-order chi connectivity index (χ1) is 15.1. The van der Waals surface area contributed by atoms with E-state index in [1.54, 1.807) is 12.4 Å². The standard InChI is InChI=1S/C17H18FN5O2.C2HF3O2/c18-14-6-21-16(22-7-14)23-8-13-9-25-11-17(13,10-23)15(24)20-5-12-2-1-3-19-4-12;3-2(4,5)1(6)7/h1-4,6-7,13H,5,8-11H2,(H,20,24);(H,6,7)/t13-,17-;/m1./s1. The maximum atomic E-state index is 13.0. The third kappa shape index (κ3) is 5.28. The summed E-state index contributed by atoms with van der Waals surface area (Å²) in [5.74, 6) is -2.77. The third-order valence-corrected chi connectivity index (χ3v) is 5.13. The zero-order valence-electron chi connectivity index (χ0n) is 16.5. The predicted molar refractivity (Wildman–Crippen MR) is 101 cm³/mol. The second-order valence-corrected chi connectivity index (χ2v) is 7.30. The molecule has 172 valence electrons. The molecule has 32 heavy (non-hydrogen) atoms. The molecule has 0 unspecified atom stereocenters. The SMILES string of the molecule is O=C(NCc1cccnc1)[C@]12COC[C@H]1CN(c1ncc(F)cn1)C2.O=C(O)C(F)(F)F. The molecule has 2 aliphatic rings. The van der Waals surface area contributed by atoms with Crippen LogP contribution in [0.3, 0.4) is 0 Å². The van der Waals surface area contributed by atoms with Crippen molar-refractivity contribution in [3.05, 3.63) is 48.3 Å². The van der Waals surface area contributed by atoms with Gasteiger partial charge in [0.15, 0.2) is 5.82 Å². The number of rotatable bonds is 4. The van der Waals surface area contributed by atoms with Gasteiger partial charge in [-0.2, -0.15) is 13.2 Å². The fraction of sp³-hybridized carbons (Fsp3) is 0.421. The Morgan fingerprint density at radius 2 is 1.97 bits per heavy atom. The third-order valence-electron chi connectivity index (χ3n) is 5.13. The summed E-state index contributed by atoms with van der Waals surface area (Å²) in [4.78, 5) is 35.9. The van der Waals surface area contributed by atoms with E-state index in [0.29, 0.717) is 38.8 Å². The number of ether oxygens (including phenoxy) is 1. The van der Waals surface area contributed by atoms with Crippen LogP contribution in [0.15, 0.2) is 36.9 Å². The fourth-order valence-electron chi connectivity index (χ4n) is 3.54. The maximum absolute atomic E-state index is 13.0. The lowest BCUT2D eigenvalue weighted by atomic mass is 9.80. The minimum absolute atomic E-state index is 0.0385. The number of halogens is 4. The van der Waals surface area contributed by atoms with Crippen molar-refractivity contribution in [3.8, 4) is 0 Å². The molecule has 2 aliphatic heterocycles. The van der Waals surface area contributed by atoms with Crippen LogP contribution < -0.4 is 10.2 Å². The number of amides is 1. The van der Waals surface area contributed by atoms with Gasteiger partial charge in [0.1, 0.15) is 0 Å². The lowest BCUT2D eigenvalue weighted by Crippen LogP contribution is -2.46. The molecule has 1 amide bonds. The van der Waals surface area contributed by atoms with Crippen molar-refractivity contribution in [2.45, 2.75) is 12.7 Å². The summed E-state index contributed by atoms with van der Waals surface area (Å²) in [6.07, 6.45) is 0.625. The number of anilines is 1. The highest BCUT2D eigenvalue weighted by Crippen LogP contribution is 2.42. The first-order valence-electron chi connectivity index (χ1n) is 9.39. The molecule has 4 rings (SSSR count). The number of nitrogens with one attached hydrogen (secondary N) is 1. The van der Waals surface area contributed by atoms with Gasteiger partial charge >= 0.3 is 12.1 Å². The Hall–Kier alpha value is -3.35. The van der Waals surface area contributed by atoms with E-state index in [1.165, 1.54) is 0 Å². The Morgan fingerprint density at radius 1 is 1.28 bits per heavy atom. The van der Waals surface area contributed by atoms with E-state index in [2.05, 4.69) is 20.3 Å². The number of alkyl halides is 3. The van der Waals surface area contributed by atoms with Gasteiger partial charge in [0.2, 0.25) is 11.9 Å². The summed E-state index contributed by atoms with van der Waals surface area (Å²) < 4.78 is 50.4. The van der Waals surface area contributed by atoms with Crippen molar-refractivity contribution >= 4 is 17.8 Å². The van der Waals surface area contributed by atoms with Gasteiger partial charge in [0.25, 0.3) is 0 Å². The minimum atomic E-state index is -5.08. The van der Waals surface area contributed by atoms with E-state index in [0.717, 1.165) is 18.0 Å². The minimum Gasteiger partial charge on any atom is -0.475 e. The van der Waals surface area contributed by atoms with E-state index in [4.69, 9.17) is 14.6 Å². The van der Waals surface area contributed by atoms with Gasteiger partial charge in [-0.25, -0.2) is 19.2 Å². The van der Waals surface area contributed by atoms with Gasteiger partial charge in [0, 0.05) is 37.9 Å². The smallest absolute Gasteiger partial charge is 0.475 e. The molecule has 2 saturated heterocycles. The van der Waals surface area contributed by atoms with E-state index in [1.807, 2.05) is 17.0 Å². The number of aromatic nitrogens is 3. The number of carbonyl (C=O) groups is 2. The van der Waals surface area contributed by atoms with Crippen LogP contribution in [0.2, 0.25) is 0 Å². The maximum Gasteiger partial charge on any atom is 0.490 e. The van der Waals surface area contributed by atoms with Gasteiger partial charge < -0.3 is 20.1 Å². The normalized spacial score (nSPS) is 22.0. The molecule has 0 spiro atoms. The van der Waals surface area contributed by atoms with Crippen LogP contribution in [0, 0.1) is 17.2 Å². The van der Waals surface area contributed by atoms with Crippen molar-refractivity contribution in [1.82, 2.24) is 20.3 Å². The van der Waals surface area contributed by atoms with Crippen LogP contribution in [-0.4, -0.2) is 64.4 Å². The zero-order valence-corrected chi connectivity index (χ0v) is 16.5. The van der Waals surface area contributed by atoms with Crippen molar-refractivity contribution in [2.24, 2.45) is 11.3 Å². The van der Waals surface area contributed by atoms with Crippen LogP contribution in [0.1, 0.15) is 5.56 Å². The van der Waals surface area contributed by atoms with E-state index >= 15 is 0 Å². The Kier molecular flexibility index (Phi) is 6.87. The molecule has 2 N–H and O–H groups in total. The van der Waals surface area contributed by atoms with E-state index in [-0.39, 0.29) is 11.8 Å². The lowest BCUT2D eigenvalue weighted by Gasteiger charge is -2.25. The monoisotopic (exact) mass is 457 g/mol. The highest BCUT2D eigenvalue weighted by Gasteiger charge is 2.56. The number of carboxylic acids is 1. The average Bonchev–Trinajstić information content (AvgIpc) is 3.32. The second kappa shape index (κ2) is 9.42. The number of nitrogens with zero attached hydrogens (tertiary/aromatic N) is 4. The molecule has 9 nitrogen and oxygen atoms in total. The average molecular weight is 457 g/mol. The molecule has 2 fully saturated rings. The number of hydrogen-bond acceptors (Lipinski definition) is 7. The van der Waals surface area contributed by atoms with Gasteiger partial charge in [-0.1, -0.05) is 6.07 Å². The summed E-state index contributed by atoms with van der Waals surface area (Å²) >= 11 is 0. The molecule has 0 saturated carbocycles. The van der Waals surface area contributed by atoms with Gasteiger partial charge in [-0.05, 0) is 11.6 Å². The van der Waals surface area contributed by atoms with Crippen LogP contribution >= 0.6 is 0 Å². The van der Waals surface area contributed by atoms with Crippen LogP contribution in [-0.2, 0) is 20.9 Å². The first kappa shape index (κ1) is 23.3. The van der Waals surface area contributed by atoms with Crippen LogP contribution in [0.5, 0.6) is 0 Å². The van der Waals surface area contributed by atoms with Gasteiger partial charge in [-0.15, -0.1) is 0 Å². The summed E-state index contributed by atoms with van der Waals surface area (Å²) in [5, 5.41) is 10.1. The zero-order chi connectivity index (χ0) is 23.4. The molecule has 4 heterocycles. The lowest BCUT2D eigenvalue weighted by molar-refractivity contribution is -0.192. The number of aliphatic carboxylic acids is 1. The predicted octanol–water partition coefficient (Wildman–Crippen LogP) is 1.41. The number of fused-ring (bicyclic) bond motifs is 1. The van der Waals surface area contributed by atoms with E-state index in [9.17, 15) is 22.4 Å². The summed E-state index contributed by atoms with van der Waals surface area (Å²) in [6, 6.07) is 3.76. The van der Waals surface area contributed by atoms with E-state index < -0.39 is 23.4 Å². The second-order valence-electron chi connectivity index (χ2n) is 7.30. The first-order valence-corrected chi connectivity index (χ1v) is 9.39. The molecule has 0 aliphatic carbocycles. The summed E-state index contributed by atoms with van der Waals surface area (Å²) in [6.45, 7) is 2.40. The number of pyridine rings is 1. The molecule has 0 bridgehead atoms. The van der Waals surface area contributed by atoms with Gasteiger partial charge in [-0.3, -0.25) is 9.78 Å². The number of carbonyl (C=O) groups excluding carboxylic acids is 1. The Morgan fingerprint density at radius 3 is 2.56 bits per heavy atom. The molecule has 13 heteroatoms. The fourth-order valence-corrected chi connectivity index (χ4v) is 3.54. The molecule has 2 atom stereocenters. The number of carboxylic acid groups (broad SMARTS) is 1. The van der Waals surface area contributed by atoms with Crippen molar-refractivity contribution < 1.29 is 37.0 Å². The van der Waals surface area contributed by atoms with Crippen molar-refractivity contribution in [2.75, 3.05) is 31.2 Å². The Bertz CT molecular complexity index is 945.